The third kappa shape index (κ3) is 8.84. The van der Waals surface area contributed by atoms with Crippen molar-refractivity contribution in [2.75, 3.05) is 0 Å². The molecule has 0 radical (unpaired) electrons. The Kier molecular flexibility index (Phi) is 13.1. The Labute approximate surface area is 127 Å². The summed E-state index contributed by atoms with van der Waals surface area (Å²) < 4.78 is 0. The van der Waals surface area contributed by atoms with Gasteiger partial charge in [0.2, 0.25) is 0 Å². The van der Waals surface area contributed by atoms with Gasteiger partial charge in [-0.2, -0.15) is 0 Å². The third-order valence-corrected chi connectivity index (χ3v) is 3.08. The molecule has 18 heavy (non-hydrogen) atoms. The standard InChI is InChI=1S/C12H11P.C2H3.2ClH.Ru/c1-3-7-11(8-4-1)13-12-9-5-2-6-10-12;1-2;;;/h1-10,13H;1H,2H2;2*1H;/q;-1;;;+2/p-2. The van der Waals surface area contributed by atoms with Crippen molar-refractivity contribution in [3.05, 3.63) is 73.8 Å². The summed E-state index contributed by atoms with van der Waals surface area (Å²) in [5, 5.41) is 2.79. The van der Waals surface area contributed by atoms with Gasteiger partial charge in [0.15, 0.2) is 0 Å². The zero-order valence-corrected chi connectivity index (χ0v) is 13.9. The number of halogens is 2. The van der Waals surface area contributed by atoms with E-state index in [0.29, 0.717) is 0 Å². The fourth-order valence-corrected chi connectivity index (χ4v) is 2.26. The molecule has 2 aromatic rings. The maximum absolute atomic E-state index is 4.85. The molecule has 0 aliphatic heterocycles. The molecule has 0 aromatic heterocycles. The van der Waals surface area contributed by atoms with E-state index in [4.69, 9.17) is 19.4 Å². The average Bonchev–Trinajstić information content (AvgIpc) is 2.44. The Balaban J connectivity index is 0.000000509. The van der Waals surface area contributed by atoms with E-state index in [1.165, 1.54) is 10.6 Å². The van der Waals surface area contributed by atoms with Gasteiger partial charge in [0.05, 0.1) is 0 Å². The summed E-state index contributed by atoms with van der Waals surface area (Å²) in [6.45, 7) is 7.00. The second kappa shape index (κ2) is 13.2. The van der Waals surface area contributed by atoms with Crippen LogP contribution in [0.5, 0.6) is 0 Å². The van der Waals surface area contributed by atoms with Crippen LogP contribution in [0, 0.1) is 6.58 Å². The summed E-state index contributed by atoms with van der Waals surface area (Å²) in [6, 6.07) is 21.2. The minimum atomic E-state index is -0.346. The van der Waals surface area contributed by atoms with E-state index in [-0.39, 0.29) is 15.1 Å². The number of hydrogen-bond donors (Lipinski definition) is 0. The van der Waals surface area contributed by atoms with Crippen molar-refractivity contribution < 1.29 is 15.1 Å². The Morgan fingerprint density at radius 2 is 1.06 bits per heavy atom. The minimum absolute atomic E-state index is 0.346. The topological polar surface area (TPSA) is 0 Å². The van der Waals surface area contributed by atoms with Crippen LogP contribution in [0.1, 0.15) is 0 Å². The fourth-order valence-electron chi connectivity index (χ4n) is 1.21. The molecule has 4 heteroatoms. The molecule has 0 aliphatic rings. The summed E-state index contributed by atoms with van der Waals surface area (Å²) in [7, 11) is 10.5. The predicted octanol–water partition coefficient (Wildman–Crippen LogP) is 4.30. The molecule has 98 valence electrons. The molecule has 0 atom stereocenters. The molecular weight excluding hydrogens is 371 g/mol. The van der Waals surface area contributed by atoms with Crippen LogP contribution in [0.3, 0.4) is 0 Å². The second-order valence-corrected chi connectivity index (χ2v) is 6.95. The van der Waals surface area contributed by atoms with Gasteiger partial charge in [0.25, 0.3) is 0 Å². The first-order valence-corrected chi connectivity index (χ1v) is 10.5. The zero-order chi connectivity index (χ0) is 13.6. The molecule has 0 saturated carbocycles. The van der Waals surface area contributed by atoms with E-state index in [2.05, 4.69) is 73.8 Å². The monoisotopic (exact) mass is 385 g/mol. The molecule has 0 saturated heterocycles. The summed E-state index contributed by atoms with van der Waals surface area (Å²) in [5.74, 6) is 0. The number of hydrogen-bond acceptors (Lipinski definition) is 0. The molecule has 0 amide bonds. The van der Waals surface area contributed by atoms with Crippen LogP contribution in [0.4, 0.5) is 0 Å². The van der Waals surface area contributed by atoms with Crippen molar-refractivity contribution in [2.45, 2.75) is 0 Å². The maximum Gasteiger partial charge on any atom is -0.0226 e. The van der Waals surface area contributed by atoms with Gasteiger partial charge in [-0.3, -0.25) is 6.58 Å². The molecule has 0 bridgehead atoms. The Morgan fingerprint density at radius 1 is 0.778 bits per heavy atom. The van der Waals surface area contributed by atoms with Crippen LogP contribution in [0.25, 0.3) is 0 Å². The van der Waals surface area contributed by atoms with E-state index >= 15 is 0 Å². The molecule has 0 spiro atoms. The number of benzene rings is 2. The predicted molar refractivity (Wildman–Crippen MR) is 82.1 cm³/mol. The van der Waals surface area contributed by atoms with Gasteiger partial charge >= 0.3 is 34.5 Å². The Morgan fingerprint density at radius 3 is 1.33 bits per heavy atom. The van der Waals surface area contributed by atoms with Gasteiger partial charge < -0.3 is 6.58 Å². The van der Waals surface area contributed by atoms with Crippen LogP contribution in [0.15, 0.2) is 67.2 Å². The van der Waals surface area contributed by atoms with Gasteiger partial charge in [0, 0.05) is 0 Å². The molecule has 0 nitrogen and oxygen atoms in total. The third-order valence-electron chi connectivity index (χ3n) is 1.84. The summed E-state index contributed by atoms with van der Waals surface area (Å²) in [6.07, 6.45) is 0. The second-order valence-electron chi connectivity index (χ2n) is 2.91. The Bertz CT molecular complexity index is 358. The first kappa shape index (κ1) is 17.8. The van der Waals surface area contributed by atoms with E-state index in [9.17, 15) is 0 Å². The first-order chi connectivity index (χ1) is 8.86. The maximum atomic E-state index is 4.85. The molecule has 0 heterocycles. The van der Waals surface area contributed by atoms with Crippen LogP contribution >= 0.6 is 28.0 Å². The van der Waals surface area contributed by atoms with Crippen molar-refractivity contribution in [2.24, 2.45) is 0 Å². The zero-order valence-electron chi connectivity index (χ0n) is 9.67. The van der Waals surface area contributed by atoms with E-state index in [0.717, 1.165) is 8.58 Å². The molecule has 2 rings (SSSR count). The van der Waals surface area contributed by atoms with Crippen LogP contribution in [0.2, 0.25) is 0 Å². The van der Waals surface area contributed by atoms with E-state index in [1.54, 1.807) is 0 Å². The first-order valence-electron chi connectivity index (χ1n) is 5.00. The molecule has 0 N–H and O–H groups in total. The van der Waals surface area contributed by atoms with Crippen molar-refractivity contribution in [3.63, 3.8) is 0 Å². The van der Waals surface area contributed by atoms with Crippen LogP contribution < -0.4 is 10.6 Å². The van der Waals surface area contributed by atoms with Crippen molar-refractivity contribution in [1.29, 1.82) is 0 Å². The van der Waals surface area contributed by atoms with E-state index in [1.807, 2.05) is 0 Å². The van der Waals surface area contributed by atoms with Crippen LogP contribution in [-0.4, -0.2) is 0 Å². The van der Waals surface area contributed by atoms with E-state index < -0.39 is 0 Å². The molecular formula is C14H14Cl2PRu-. The van der Waals surface area contributed by atoms with Gasteiger partial charge in [-0.15, -0.1) is 0 Å². The van der Waals surface area contributed by atoms with Crippen molar-refractivity contribution in [3.8, 4) is 0 Å². The van der Waals surface area contributed by atoms with Crippen molar-refractivity contribution >= 4 is 38.6 Å². The largest absolute Gasteiger partial charge is 0.0622 e. The van der Waals surface area contributed by atoms with Crippen LogP contribution in [-0.2, 0) is 15.1 Å². The van der Waals surface area contributed by atoms with Crippen molar-refractivity contribution in [1.82, 2.24) is 0 Å². The molecule has 0 aliphatic carbocycles. The van der Waals surface area contributed by atoms with Gasteiger partial charge in [-0.1, -0.05) is 69.2 Å². The summed E-state index contributed by atoms with van der Waals surface area (Å²) in [4.78, 5) is 0. The normalized spacial score (nSPS) is 8.56. The fraction of sp³-hybridized carbons (Fsp3) is 0. The van der Waals surface area contributed by atoms with Gasteiger partial charge in [-0.25, -0.2) is 0 Å². The summed E-state index contributed by atoms with van der Waals surface area (Å²) >= 11 is -0.346. The number of rotatable bonds is 2. The Hall–Kier alpha value is -0.187. The SMILES string of the molecule is [CH-]=C.[Cl][Ru][Cl].c1ccc(Pc2ccccc2)cc1. The molecule has 0 fully saturated rings. The molecule has 0 unspecified atom stereocenters. The quantitative estimate of drug-likeness (QED) is 0.411. The minimum Gasteiger partial charge on any atom is -0.0622 e. The summed E-state index contributed by atoms with van der Waals surface area (Å²) in [5.41, 5.74) is 0. The molecule has 2 aromatic carbocycles. The average molecular weight is 385 g/mol. The smallest absolute Gasteiger partial charge is 0.0226 e. The van der Waals surface area contributed by atoms with Gasteiger partial charge in [-0.05, 0) is 10.6 Å². The van der Waals surface area contributed by atoms with Gasteiger partial charge in [0.1, 0.15) is 0 Å².